The predicted octanol–water partition coefficient (Wildman–Crippen LogP) is 1.40. The van der Waals surface area contributed by atoms with Gasteiger partial charge in [-0.05, 0) is 27.7 Å². The number of H-pyrrole nitrogens is 1. The van der Waals surface area contributed by atoms with Crippen LogP contribution < -0.4 is 11.1 Å². The highest BCUT2D eigenvalue weighted by molar-refractivity contribution is 5.99. The van der Waals surface area contributed by atoms with Crippen LogP contribution in [0.25, 0.3) is 0 Å². The molecule has 0 fully saturated rings. The Bertz CT molecular complexity index is 575. The van der Waals surface area contributed by atoms with Crippen LogP contribution in [0, 0.1) is 20.8 Å². The lowest BCUT2D eigenvalue weighted by Crippen LogP contribution is -2.28. The van der Waals surface area contributed by atoms with Crippen molar-refractivity contribution in [3.8, 4) is 0 Å². The highest BCUT2D eigenvalue weighted by Gasteiger charge is 2.22. The van der Waals surface area contributed by atoms with E-state index in [0.29, 0.717) is 17.0 Å². The Kier molecular flexibility index (Phi) is 3.28. The Morgan fingerprint density at radius 1 is 1.42 bits per heavy atom. The molecule has 2 aromatic heterocycles. The zero-order valence-corrected chi connectivity index (χ0v) is 11.4. The van der Waals surface area contributed by atoms with Gasteiger partial charge in [0.1, 0.15) is 11.3 Å². The summed E-state index contributed by atoms with van der Waals surface area (Å²) in [5.41, 5.74) is 8.32. The molecule has 0 saturated carbocycles. The molecule has 102 valence electrons. The Morgan fingerprint density at radius 2 is 2.11 bits per heavy atom. The third-order valence-corrected chi connectivity index (χ3v) is 3.07. The molecule has 0 aliphatic heterocycles. The van der Waals surface area contributed by atoms with Crippen molar-refractivity contribution in [1.82, 2.24) is 20.7 Å². The van der Waals surface area contributed by atoms with Gasteiger partial charge >= 0.3 is 0 Å². The predicted molar refractivity (Wildman–Crippen MR) is 69.6 cm³/mol. The van der Waals surface area contributed by atoms with E-state index in [1.807, 2.05) is 20.8 Å². The summed E-state index contributed by atoms with van der Waals surface area (Å²) in [7, 11) is 0. The number of anilines is 1. The summed E-state index contributed by atoms with van der Waals surface area (Å²) in [6.45, 7) is 7.27. The standard InChI is InChI=1S/C12H17N5O2/c1-5(9-7(3)17-19-8(9)4)14-12(18)10-6(2)15-16-11(10)13/h5H,1-4H3,(H,14,18)(H3,13,15,16). The third-order valence-electron chi connectivity index (χ3n) is 3.07. The number of hydrogen-bond acceptors (Lipinski definition) is 5. The highest BCUT2D eigenvalue weighted by atomic mass is 16.5. The minimum absolute atomic E-state index is 0.195. The summed E-state index contributed by atoms with van der Waals surface area (Å²) >= 11 is 0. The van der Waals surface area contributed by atoms with Gasteiger partial charge in [0.25, 0.3) is 5.91 Å². The molecule has 1 amide bonds. The number of nitrogens with one attached hydrogen (secondary N) is 2. The second-order valence-electron chi connectivity index (χ2n) is 4.54. The van der Waals surface area contributed by atoms with E-state index in [9.17, 15) is 4.79 Å². The molecule has 4 N–H and O–H groups in total. The number of carbonyl (C=O) groups excluding carboxylic acids is 1. The lowest BCUT2D eigenvalue weighted by molar-refractivity contribution is 0.0940. The van der Waals surface area contributed by atoms with E-state index < -0.39 is 0 Å². The largest absolute Gasteiger partial charge is 0.382 e. The molecule has 0 spiro atoms. The number of aryl methyl sites for hydroxylation is 3. The first-order valence-corrected chi connectivity index (χ1v) is 5.96. The Labute approximate surface area is 110 Å². The molecule has 1 atom stereocenters. The number of aromatic nitrogens is 3. The molecule has 0 aromatic carbocycles. The van der Waals surface area contributed by atoms with Crippen LogP contribution >= 0.6 is 0 Å². The number of carbonyl (C=O) groups is 1. The van der Waals surface area contributed by atoms with Crippen molar-refractivity contribution in [3.63, 3.8) is 0 Å². The van der Waals surface area contributed by atoms with Crippen molar-refractivity contribution in [2.75, 3.05) is 5.73 Å². The van der Waals surface area contributed by atoms with Gasteiger partial charge in [0.15, 0.2) is 5.82 Å². The van der Waals surface area contributed by atoms with E-state index in [4.69, 9.17) is 10.3 Å². The fourth-order valence-corrected chi connectivity index (χ4v) is 2.18. The van der Waals surface area contributed by atoms with E-state index in [1.54, 1.807) is 6.92 Å². The first kappa shape index (κ1) is 13.1. The topological polar surface area (TPSA) is 110 Å². The zero-order valence-electron chi connectivity index (χ0n) is 11.4. The van der Waals surface area contributed by atoms with Crippen molar-refractivity contribution in [2.45, 2.75) is 33.7 Å². The van der Waals surface area contributed by atoms with E-state index in [-0.39, 0.29) is 17.8 Å². The van der Waals surface area contributed by atoms with Crippen molar-refractivity contribution in [2.24, 2.45) is 0 Å². The van der Waals surface area contributed by atoms with Gasteiger partial charge in [-0.15, -0.1) is 0 Å². The van der Waals surface area contributed by atoms with Gasteiger partial charge in [-0.3, -0.25) is 9.89 Å². The maximum atomic E-state index is 12.2. The van der Waals surface area contributed by atoms with Gasteiger partial charge in [0.05, 0.1) is 11.7 Å². The smallest absolute Gasteiger partial charge is 0.257 e. The van der Waals surface area contributed by atoms with Crippen LogP contribution in [-0.2, 0) is 0 Å². The van der Waals surface area contributed by atoms with Crippen molar-refractivity contribution in [1.29, 1.82) is 0 Å². The average Bonchev–Trinajstić information content (AvgIpc) is 2.82. The lowest BCUT2D eigenvalue weighted by atomic mass is 10.1. The summed E-state index contributed by atoms with van der Waals surface area (Å²) in [5.74, 6) is 0.624. The Balaban J connectivity index is 2.20. The molecule has 2 heterocycles. The number of aromatic amines is 1. The molecule has 19 heavy (non-hydrogen) atoms. The molecular formula is C12H17N5O2. The van der Waals surface area contributed by atoms with E-state index in [2.05, 4.69) is 20.7 Å². The van der Waals surface area contributed by atoms with Gasteiger partial charge in [-0.2, -0.15) is 5.10 Å². The maximum Gasteiger partial charge on any atom is 0.257 e. The fourth-order valence-electron chi connectivity index (χ4n) is 2.18. The number of hydrogen-bond donors (Lipinski definition) is 3. The minimum Gasteiger partial charge on any atom is -0.382 e. The molecule has 0 aliphatic rings. The van der Waals surface area contributed by atoms with Crippen LogP contribution in [0.4, 0.5) is 5.82 Å². The van der Waals surface area contributed by atoms with Crippen molar-refractivity contribution in [3.05, 3.63) is 28.3 Å². The number of nitrogens with zero attached hydrogens (tertiary/aromatic N) is 2. The summed E-state index contributed by atoms with van der Waals surface area (Å²) in [6, 6.07) is -0.215. The second kappa shape index (κ2) is 4.75. The monoisotopic (exact) mass is 263 g/mol. The SMILES string of the molecule is Cc1noc(C)c1C(C)NC(=O)c1c(N)n[nH]c1C. The molecule has 2 aromatic rings. The van der Waals surface area contributed by atoms with Gasteiger partial charge in [-0.25, -0.2) is 0 Å². The third kappa shape index (κ3) is 2.31. The molecular weight excluding hydrogens is 246 g/mol. The Hall–Kier alpha value is -2.31. The fraction of sp³-hybridized carbons (Fsp3) is 0.417. The molecule has 7 heteroatoms. The summed E-state index contributed by atoms with van der Waals surface area (Å²) in [4.78, 5) is 12.2. The number of nitrogens with two attached hydrogens (primary N) is 1. The quantitative estimate of drug-likeness (QED) is 0.775. The molecule has 0 bridgehead atoms. The van der Waals surface area contributed by atoms with Crippen LogP contribution in [-0.4, -0.2) is 21.3 Å². The minimum atomic E-state index is -0.267. The summed E-state index contributed by atoms with van der Waals surface area (Å²) in [6.07, 6.45) is 0. The first-order valence-electron chi connectivity index (χ1n) is 5.96. The van der Waals surface area contributed by atoms with Crippen LogP contribution in [0.5, 0.6) is 0 Å². The van der Waals surface area contributed by atoms with Gasteiger partial charge in [0, 0.05) is 11.3 Å². The van der Waals surface area contributed by atoms with Crippen molar-refractivity contribution >= 4 is 11.7 Å². The number of nitrogen functional groups attached to an aromatic ring is 1. The van der Waals surface area contributed by atoms with Crippen molar-refractivity contribution < 1.29 is 9.32 Å². The molecule has 0 aliphatic carbocycles. The lowest BCUT2D eigenvalue weighted by Gasteiger charge is -2.13. The van der Waals surface area contributed by atoms with Crippen LogP contribution in [0.15, 0.2) is 4.52 Å². The summed E-state index contributed by atoms with van der Waals surface area (Å²) in [5, 5.41) is 13.2. The average molecular weight is 263 g/mol. The summed E-state index contributed by atoms with van der Waals surface area (Å²) < 4.78 is 5.09. The van der Waals surface area contributed by atoms with E-state index >= 15 is 0 Å². The van der Waals surface area contributed by atoms with Gasteiger partial charge in [-0.1, -0.05) is 5.16 Å². The molecule has 0 radical (unpaired) electrons. The molecule has 0 saturated heterocycles. The maximum absolute atomic E-state index is 12.2. The normalized spacial score (nSPS) is 12.4. The van der Waals surface area contributed by atoms with E-state index in [0.717, 1.165) is 11.3 Å². The second-order valence-corrected chi connectivity index (χ2v) is 4.54. The number of amides is 1. The van der Waals surface area contributed by atoms with Gasteiger partial charge < -0.3 is 15.6 Å². The molecule has 7 nitrogen and oxygen atoms in total. The molecule has 2 rings (SSSR count). The first-order chi connectivity index (χ1) is 8.91. The molecule has 1 unspecified atom stereocenters. The van der Waals surface area contributed by atoms with Crippen LogP contribution in [0.2, 0.25) is 0 Å². The van der Waals surface area contributed by atoms with Gasteiger partial charge in [0.2, 0.25) is 0 Å². The number of rotatable bonds is 3. The zero-order chi connectivity index (χ0) is 14.2. The van der Waals surface area contributed by atoms with Crippen LogP contribution in [0.1, 0.15) is 46.0 Å². The van der Waals surface area contributed by atoms with Crippen LogP contribution in [0.3, 0.4) is 0 Å². The highest BCUT2D eigenvalue weighted by Crippen LogP contribution is 2.22. The Morgan fingerprint density at radius 3 is 2.58 bits per heavy atom. The van der Waals surface area contributed by atoms with E-state index in [1.165, 1.54) is 0 Å².